The van der Waals surface area contributed by atoms with Crippen molar-refractivity contribution < 1.29 is 9.59 Å². The van der Waals surface area contributed by atoms with Gasteiger partial charge in [0.15, 0.2) is 0 Å². The van der Waals surface area contributed by atoms with E-state index in [1.54, 1.807) is 4.57 Å². The van der Waals surface area contributed by atoms with Gasteiger partial charge in [-0.15, -0.1) is 11.3 Å². The van der Waals surface area contributed by atoms with Gasteiger partial charge >= 0.3 is 0 Å². The van der Waals surface area contributed by atoms with Crippen molar-refractivity contribution in [1.82, 2.24) is 14.9 Å². The number of rotatable bonds is 5. The third-order valence-electron chi connectivity index (χ3n) is 6.59. The topological polar surface area (TPSA) is 93.1 Å². The van der Waals surface area contributed by atoms with Crippen LogP contribution >= 0.6 is 11.3 Å². The first-order valence-corrected chi connectivity index (χ1v) is 12.5. The van der Waals surface area contributed by atoms with E-state index in [9.17, 15) is 14.4 Å². The summed E-state index contributed by atoms with van der Waals surface area (Å²) in [5, 5.41) is 6.55. The lowest BCUT2D eigenvalue weighted by atomic mass is 10.1. The molecule has 8 heteroatoms. The minimum absolute atomic E-state index is 0.0263. The number of fused-ring (bicyclic) bond motifs is 2. The Morgan fingerprint density at radius 2 is 1.91 bits per heavy atom. The summed E-state index contributed by atoms with van der Waals surface area (Å²) in [6.45, 7) is 4.46. The van der Waals surface area contributed by atoms with Crippen LogP contribution in [0.1, 0.15) is 71.7 Å². The predicted molar refractivity (Wildman–Crippen MR) is 130 cm³/mol. The number of benzene rings is 1. The quantitative estimate of drug-likeness (QED) is 0.588. The van der Waals surface area contributed by atoms with E-state index in [4.69, 9.17) is 4.98 Å². The van der Waals surface area contributed by atoms with Crippen molar-refractivity contribution in [2.75, 3.05) is 5.32 Å². The highest BCUT2D eigenvalue weighted by molar-refractivity contribution is 7.20. The molecule has 1 unspecified atom stereocenters. The number of hydrogen-bond donors (Lipinski definition) is 2. The molecule has 3 heterocycles. The zero-order valence-electron chi connectivity index (χ0n) is 18.9. The van der Waals surface area contributed by atoms with Gasteiger partial charge in [0.05, 0.1) is 16.3 Å². The Hall–Kier alpha value is -3.00. The molecule has 1 aromatic carbocycles. The first kappa shape index (κ1) is 21.8. The Balaban J connectivity index is 1.34. The SMILES string of the molecule is Cc1c(C(=O)NC(C)c2ccc(NC(=O)C3CC3)cc2)sc2nc3n(c(=O)c12)CCCCC3. The van der Waals surface area contributed by atoms with Crippen LogP contribution in [0, 0.1) is 12.8 Å². The third-order valence-corrected chi connectivity index (χ3v) is 7.78. The summed E-state index contributed by atoms with van der Waals surface area (Å²) in [5.41, 5.74) is 2.38. The molecule has 0 saturated heterocycles. The highest BCUT2D eigenvalue weighted by Gasteiger charge is 2.29. The monoisotopic (exact) mass is 464 g/mol. The van der Waals surface area contributed by atoms with Crippen LogP contribution in [0.4, 0.5) is 5.69 Å². The summed E-state index contributed by atoms with van der Waals surface area (Å²) < 4.78 is 1.79. The number of hydrogen-bond acceptors (Lipinski definition) is 5. The molecule has 0 spiro atoms. The molecule has 33 heavy (non-hydrogen) atoms. The largest absolute Gasteiger partial charge is 0.345 e. The second-order valence-corrected chi connectivity index (χ2v) is 10.1. The summed E-state index contributed by atoms with van der Waals surface area (Å²) >= 11 is 1.30. The van der Waals surface area contributed by atoms with Gasteiger partial charge in [-0.25, -0.2) is 4.98 Å². The fourth-order valence-corrected chi connectivity index (χ4v) is 5.51. The van der Waals surface area contributed by atoms with Crippen LogP contribution in [0.2, 0.25) is 0 Å². The lowest BCUT2D eigenvalue weighted by Crippen LogP contribution is -2.27. The summed E-state index contributed by atoms with van der Waals surface area (Å²) in [5.74, 6) is 0.866. The zero-order chi connectivity index (χ0) is 23.1. The number of amides is 2. The number of nitrogens with one attached hydrogen (secondary N) is 2. The van der Waals surface area contributed by atoms with E-state index in [1.807, 2.05) is 38.1 Å². The van der Waals surface area contributed by atoms with E-state index in [0.29, 0.717) is 27.2 Å². The van der Waals surface area contributed by atoms with Gasteiger partial charge < -0.3 is 10.6 Å². The summed E-state index contributed by atoms with van der Waals surface area (Å²) in [6.07, 6.45) is 5.86. The van der Waals surface area contributed by atoms with E-state index in [1.165, 1.54) is 11.3 Å². The van der Waals surface area contributed by atoms with Crippen molar-refractivity contribution in [3.8, 4) is 0 Å². The van der Waals surface area contributed by atoms with E-state index < -0.39 is 0 Å². The van der Waals surface area contributed by atoms with Crippen LogP contribution in [-0.2, 0) is 17.8 Å². The fraction of sp³-hybridized carbons (Fsp3) is 0.440. The standard InChI is InChI=1S/C25H28N4O3S/c1-14-20-24(28-19-6-4-3-5-13-29(19)25(20)32)33-21(14)23(31)26-15(2)16-9-11-18(12-10-16)27-22(30)17-7-8-17/h9-12,15,17H,3-8,13H2,1-2H3,(H,26,31)(H,27,30). The Bertz CT molecular complexity index is 1290. The van der Waals surface area contributed by atoms with Crippen LogP contribution in [0.15, 0.2) is 29.1 Å². The molecule has 5 rings (SSSR count). The summed E-state index contributed by atoms with van der Waals surface area (Å²) in [4.78, 5) is 44.1. The van der Waals surface area contributed by atoms with Gasteiger partial charge in [0.2, 0.25) is 5.91 Å². The molecule has 1 fully saturated rings. The van der Waals surface area contributed by atoms with E-state index in [0.717, 1.165) is 55.6 Å². The molecule has 7 nitrogen and oxygen atoms in total. The van der Waals surface area contributed by atoms with Gasteiger partial charge in [0.25, 0.3) is 11.5 Å². The van der Waals surface area contributed by atoms with Crippen LogP contribution in [-0.4, -0.2) is 21.4 Å². The number of carbonyl (C=O) groups is 2. The molecular weight excluding hydrogens is 436 g/mol. The van der Waals surface area contributed by atoms with Crippen LogP contribution < -0.4 is 16.2 Å². The maximum atomic E-state index is 13.1. The molecule has 3 aromatic rings. The first-order chi connectivity index (χ1) is 15.9. The lowest BCUT2D eigenvalue weighted by Gasteiger charge is -2.15. The van der Waals surface area contributed by atoms with Crippen LogP contribution in [0.3, 0.4) is 0 Å². The molecule has 1 saturated carbocycles. The highest BCUT2D eigenvalue weighted by atomic mass is 32.1. The van der Waals surface area contributed by atoms with Crippen molar-refractivity contribution in [1.29, 1.82) is 0 Å². The van der Waals surface area contributed by atoms with Gasteiger partial charge in [0.1, 0.15) is 10.7 Å². The molecule has 2 amide bonds. The number of nitrogens with zero attached hydrogens (tertiary/aromatic N) is 2. The van der Waals surface area contributed by atoms with Crippen molar-refractivity contribution in [2.45, 2.75) is 65.0 Å². The van der Waals surface area contributed by atoms with Gasteiger partial charge in [-0.3, -0.25) is 19.0 Å². The molecule has 1 atom stereocenters. The Kier molecular flexibility index (Phi) is 5.78. The molecule has 1 aliphatic carbocycles. The van der Waals surface area contributed by atoms with E-state index in [-0.39, 0.29) is 29.3 Å². The maximum Gasteiger partial charge on any atom is 0.262 e. The Labute approximate surface area is 196 Å². The van der Waals surface area contributed by atoms with Crippen molar-refractivity contribution >= 4 is 39.1 Å². The Morgan fingerprint density at radius 3 is 2.64 bits per heavy atom. The molecule has 172 valence electrons. The summed E-state index contributed by atoms with van der Waals surface area (Å²) in [7, 11) is 0. The zero-order valence-corrected chi connectivity index (χ0v) is 19.8. The lowest BCUT2D eigenvalue weighted by molar-refractivity contribution is -0.117. The number of aromatic nitrogens is 2. The average molecular weight is 465 g/mol. The first-order valence-electron chi connectivity index (χ1n) is 11.7. The van der Waals surface area contributed by atoms with E-state index >= 15 is 0 Å². The van der Waals surface area contributed by atoms with Crippen molar-refractivity contribution in [2.24, 2.45) is 5.92 Å². The van der Waals surface area contributed by atoms with Crippen molar-refractivity contribution in [3.63, 3.8) is 0 Å². The number of anilines is 1. The molecule has 1 aliphatic heterocycles. The number of thiophene rings is 1. The van der Waals surface area contributed by atoms with Gasteiger partial charge in [-0.2, -0.15) is 0 Å². The predicted octanol–water partition coefficient (Wildman–Crippen LogP) is 4.33. The Morgan fingerprint density at radius 1 is 1.15 bits per heavy atom. The van der Waals surface area contributed by atoms with Gasteiger partial charge in [-0.05, 0) is 62.8 Å². The maximum absolute atomic E-state index is 13.1. The second kappa shape index (κ2) is 8.74. The second-order valence-electron chi connectivity index (χ2n) is 9.11. The number of aryl methyl sites for hydroxylation is 2. The fourth-order valence-electron chi connectivity index (χ4n) is 4.42. The number of carbonyl (C=O) groups excluding carboxylic acids is 2. The molecule has 2 N–H and O–H groups in total. The third kappa shape index (κ3) is 4.31. The van der Waals surface area contributed by atoms with Gasteiger partial charge in [-0.1, -0.05) is 18.6 Å². The molecule has 0 radical (unpaired) electrons. The molecule has 0 bridgehead atoms. The average Bonchev–Trinajstić information content (AvgIpc) is 3.61. The molecule has 2 aromatic heterocycles. The van der Waals surface area contributed by atoms with Gasteiger partial charge in [0, 0.05) is 24.6 Å². The minimum Gasteiger partial charge on any atom is -0.345 e. The van der Waals surface area contributed by atoms with Crippen LogP contribution in [0.5, 0.6) is 0 Å². The molecule has 2 aliphatic rings. The minimum atomic E-state index is -0.221. The van der Waals surface area contributed by atoms with Crippen LogP contribution in [0.25, 0.3) is 10.2 Å². The smallest absolute Gasteiger partial charge is 0.262 e. The highest BCUT2D eigenvalue weighted by Crippen LogP contribution is 2.31. The molecular formula is C25H28N4O3S. The summed E-state index contributed by atoms with van der Waals surface area (Å²) in [6, 6.07) is 7.33. The van der Waals surface area contributed by atoms with E-state index in [2.05, 4.69) is 10.6 Å². The van der Waals surface area contributed by atoms with Crippen molar-refractivity contribution in [3.05, 3.63) is 56.4 Å². The normalized spacial score (nSPS) is 16.7.